The van der Waals surface area contributed by atoms with Gasteiger partial charge in [0.1, 0.15) is 12.0 Å². The molecule has 0 saturated carbocycles. The van der Waals surface area contributed by atoms with E-state index in [0.29, 0.717) is 13.0 Å². The Kier molecular flexibility index (Phi) is 5.03. The van der Waals surface area contributed by atoms with Crippen molar-refractivity contribution in [3.63, 3.8) is 0 Å². The van der Waals surface area contributed by atoms with Gasteiger partial charge in [-0.1, -0.05) is 6.07 Å². The van der Waals surface area contributed by atoms with Gasteiger partial charge in [-0.05, 0) is 56.4 Å². The molecule has 0 atom stereocenters. The Hall–Kier alpha value is -1.31. The highest BCUT2D eigenvalue weighted by atomic mass is 16.5. The Morgan fingerprint density at radius 2 is 1.75 bits per heavy atom. The first kappa shape index (κ1) is 12.8. The number of carbonyl (C=O) groups is 1. The molecule has 2 nitrogen and oxygen atoms in total. The molecule has 0 bridgehead atoms. The Bertz CT molecular complexity index is 356. The van der Waals surface area contributed by atoms with E-state index in [1.165, 1.54) is 16.7 Å². The smallest absolute Gasteiger partial charge is 0.122 e. The highest BCUT2D eigenvalue weighted by molar-refractivity contribution is 5.48. The molecule has 0 aliphatic rings. The molecule has 0 aliphatic heterocycles. The Morgan fingerprint density at radius 1 is 1.06 bits per heavy atom. The second-order valence-electron chi connectivity index (χ2n) is 4.21. The van der Waals surface area contributed by atoms with Crippen molar-refractivity contribution < 1.29 is 9.53 Å². The average Bonchev–Trinajstić information content (AvgIpc) is 2.25. The molecule has 16 heavy (non-hydrogen) atoms. The Labute approximate surface area is 97.6 Å². The first-order valence-corrected chi connectivity index (χ1v) is 5.79. The molecule has 0 heterocycles. The molecule has 0 aliphatic carbocycles. The first-order chi connectivity index (χ1) is 7.65. The van der Waals surface area contributed by atoms with E-state index >= 15 is 0 Å². The van der Waals surface area contributed by atoms with Crippen molar-refractivity contribution in [1.29, 1.82) is 0 Å². The van der Waals surface area contributed by atoms with Gasteiger partial charge in [0.05, 0.1) is 6.61 Å². The number of carbonyl (C=O) groups excluding carboxylic acids is 1. The van der Waals surface area contributed by atoms with Crippen molar-refractivity contribution in [2.75, 3.05) is 6.61 Å². The molecule has 1 aromatic rings. The van der Waals surface area contributed by atoms with Crippen molar-refractivity contribution in [3.05, 3.63) is 28.8 Å². The van der Waals surface area contributed by atoms with Crippen LogP contribution in [0.5, 0.6) is 5.75 Å². The van der Waals surface area contributed by atoms with E-state index in [0.717, 1.165) is 24.9 Å². The lowest BCUT2D eigenvalue weighted by atomic mass is 10.1. The third-order valence-electron chi connectivity index (χ3n) is 2.77. The van der Waals surface area contributed by atoms with Gasteiger partial charge >= 0.3 is 0 Å². The maximum atomic E-state index is 10.1. The predicted molar refractivity (Wildman–Crippen MR) is 66.1 cm³/mol. The minimum absolute atomic E-state index is 0.634. The molecule has 0 N–H and O–H groups in total. The summed E-state index contributed by atoms with van der Waals surface area (Å²) in [6, 6.07) is 4.24. The molecule has 0 unspecified atom stereocenters. The van der Waals surface area contributed by atoms with Gasteiger partial charge in [0.2, 0.25) is 0 Å². The van der Waals surface area contributed by atoms with Crippen molar-refractivity contribution in [2.45, 2.75) is 40.0 Å². The number of aryl methyl sites for hydroxylation is 3. The molecule has 2 heteroatoms. The zero-order valence-corrected chi connectivity index (χ0v) is 10.4. The summed E-state index contributed by atoms with van der Waals surface area (Å²) in [5.41, 5.74) is 3.73. The molecular formula is C14H20O2. The largest absolute Gasteiger partial charge is 0.493 e. The van der Waals surface area contributed by atoms with Crippen LogP contribution in [0.3, 0.4) is 0 Å². The summed E-state index contributed by atoms with van der Waals surface area (Å²) >= 11 is 0. The summed E-state index contributed by atoms with van der Waals surface area (Å²) in [5, 5.41) is 0. The van der Waals surface area contributed by atoms with Gasteiger partial charge in [-0.3, -0.25) is 0 Å². The number of hydrogen-bond acceptors (Lipinski definition) is 2. The van der Waals surface area contributed by atoms with Crippen molar-refractivity contribution in [2.24, 2.45) is 0 Å². The molecule has 0 radical (unpaired) electrons. The molecule has 88 valence electrons. The van der Waals surface area contributed by atoms with Gasteiger partial charge in [0, 0.05) is 6.42 Å². The van der Waals surface area contributed by atoms with Gasteiger partial charge < -0.3 is 9.53 Å². The second-order valence-corrected chi connectivity index (χ2v) is 4.21. The SMILES string of the molecule is Cc1cc(C)c(OCCCCC=O)cc1C. The lowest BCUT2D eigenvalue weighted by Crippen LogP contribution is -2.00. The molecule has 0 fully saturated rings. The van der Waals surface area contributed by atoms with E-state index in [9.17, 15) is 4.79 Å². The molecule has 1 rings (SSSR count). The van der Waals surface area contributed by atoms with Crippen LogP contribution in [0, 0.1) is 20.8 Å². The van der Waals surface area contributed by atoms with Crippen LogP contribution < -0.4 is 4.74 Å². The lowest BCUT2D eigenvalue weighted by Gasteiger charge is -2.11. The third-order valence-corrected chi connectivity index (χ3v) is 2.77. The number of hydrogen-bond donors (Lipinski definition) is 0. The Balaban J connectivity index is 2.47. The van der Waals surface area contributed by atoms with Crippen LogP contribution in [0.1, 0.15) is 36.0 Å². The van der Waals surface area contributed by atoms with Gasteiger partial charge in [0.25, 0.3) is 0 Å². The average molecular weight is 220 g/mol. The third kappa shape index (κ3) is 3.69. The monoisotopic (exact) mass is 220 g/mol. The summed E-state index contributed by atoms with van der Waals surface area (Å²) in [6.07, 6.45) is 3.44. The fourth-order valence-electron chi connectivity index (χ4n) is 1.60. The predicted octanol–water partition coefficient (Wildman–Crippen LogP) is 3.36. The summed E-state index contributed by atoms with van der Waals surface area (Å²) < 4.78 is 5.70. The quantitative estimate of drug-likeness (QED) is 0.543. The van der Waals surface area contributed by atoms with Crippen molar-refractivity contribution >= 4 is 6.29 Å². The van der Waals surface area contributed by atoms with E-state index in [-0.39, 0.29) is 0 Å². The summed E-state index contributed by atoms with van der Waals surface area (Å²) in [5.74, 6) is 0.967. The molecule has 0 saturated heterocycles. The van der Waals surface area contributed by atoms with E-state index in [4.69, 9.17) is 4.74 Å². The maximum absolute atomic E-state index is 10.1. The van der Waals surface area contributed by atoms with Gasteiger partial charge in [-0.2, -0.15) is 0 Å². The Morgan fingerprint density at radius 3 is 2.44 bits per heavy atom. The summed E-state index contributed by atoms with van der Waals surface area (Å²) in [7, 11) is 0. The number of rotatable bonds is 6. The topological polar surface area (TPSA) is 26.3 Å². The minimum atomic E-state index is 0.634. The van der Waals surface area contributed by atoms with Crippen LogP contribution in [0.4, 0.5) is 0 Å². The fourth-order valence-corrected chi connectivity index (χ4v) is 1.60. The van der Waals surface area contributed by atoms with Crippen LogP contribution in [-0.2, 0) is 4.79 Å². The standard InChI is InChI=1S/C14H20O2/c1-11-9-13(3)14(10-12(11)2)16-8-6-4-5-7-15/h7,9-10H,4-6,8H2,1-3H3. The maximum Gasteiger partial charge on any atom is 0.122 e. The zero-order chi connectivity index (χ0) is 12.0. The van der Waals surface area contributed by atoms with Crippen molar-refractivity contribution in [1.82, 2.24) is 0 Å². The lowest BCUT2D eigenvalue weighted by molar-refractivity contribution is -0.107. The zero-order valence-electron chi connectivity index (χ0n) is 10.4. The van der Waals surface area contributed by atoms with Crippen LogP contribution >= 0.6 is 0 Å². The van der Waals surface area contributed by atoms with E-state index < -0.39 is 0 Å². The van der Waals surface area contributed by atoms with Gasteiger partial charge in [-0.15, -0.1) is 0 Å². The van der Waals surface area contributed by atoms with E-state index in [1.807, 2.05) is 0 Å². The summed E-state index contributed by atoms with van der Waals surface area (Å²) in [6.45, 7) is 6.95. The van der Waals surface area contributed by atoms with Crippen LogP contribution in [0.15, 0.2) is 12.1 Å². The number of ether oxygens (including phenoxy) is 1. The normalized spacial score (nSPS) is 10.2. The van der Waals surface area contributed by atoms with Crippen LogP contribution in [0.25, 0.3) is 0 Å². The summed E-state index contributed by atoms with van der Waals surface area (Å²) in [4.78, 5) is 10.1. The van der Waals surface area contributed by atoms with Crippen LogP contribution in [-0.4, -0.2) is 12.9 Å². The molecule has 0 spiro atoms. The van der Waals surface area contributed by atoms with Crippen molar-refractivity contribution in [3.8, 4) is 5.75 Å². The second kappa shape index (κ2) is 6.31. The first-order valence-electron chi connectivity index (χ1n) is 5.79. The molecule has 0 aromatic heterocycles. The minimum Gasteiger partial charge on any atom is -0.493 e. The number of benzene rings is 1. The highest BCUT2D eigenvalue weighted by Crippen LogP contribution is 2.22. The highest BCUT2D eigenvalue weighted by Gasteiger charge is 2.02. The number of unbranched alkanes of at least 4 members (excludes halogenated alkanes) is 2. The van der Waals surface area contributed by atoms with E-state index in [2.05, 4.69) is 32.9 Å². The van der Waals surface area contributed by atoms with Gasteiger partial charge in [0.15, 0.2) is 0 Å². The molecule has 1 aromatic carbocycles. The molecular weight excluding hydrogens is 200 g/mol. The van der Waals surface area contributed by atoms with Gasteiger partial charge in [-0.25, -0.2) is 0 Å². The fraction of sp³-hybridized carbons (Fsp3) is 0.500. The van der Waals surface area contributed by atoms with E-state index in [1.54, 1.807) is 0 Å². The number of aldehydes is 1. The van der Waals surface area contributed by atoms with Crippen LogP contribution in [0.2, 0.25) is 0 Å². The molecule has 0 amide bonds.